The Morgan fingerprint density at radius 3 is 2.68 bits per heavy atom. The molecule has 0 radical (unpaired) electrons. The normalized spacial score (nSPS) is 10.9. The summed E-state index contributed by atoms with van der Waals surface area (Å²) in [7, 11) is 0. The van der Waals surface area contributed by atoms with Crippen molar-refractivity contribution in [3.63, 3.8) is 0 Å². The zero-order valence-corrected chi connectivity index (χ0v) is 11.6. The first kappa shape index (κ1) is 13.5. The molecule has 4 heteroatoms. The van der Waals surface area contributed by atoms with Gasteiger partial charge in [0.05, 0.1) is 6.61 Å². The van der Waals surface area contributed by atoms with Gasteiger partial charge in [-0.15, -0.1) is 0 Å². The molecule has 0 aliphatic rings. The maximum atomic E-state index is 11.4. The number of nitrogens with zero attached hydrogens (tertiary/aromatic N) is 1. The molecule has 1 N–H and O–H groups in total. The number of aromatic carboxylic acids is 1. The number of carboxylic acids is 1. The molecule has 0 unspecified atom stereocenters. The van der Waals surface area contributed by atoms with Gasteiger partial charge < -0.3 is 14.4 Å². The molecule has 0 saturated carbocycles. The Balaban J connectivity index is 2.69. The third-order valence-electron chi connectivity index (χ3n) is 3.25. The van der Waals surface area contributed by atoms with Gasteiger partial charge in [0, 0.05) is 17.4 Å². The van der Waals surface area contributed by atoms with Crippen molar-refractivity contribution in [2.75, 3.05) is 6.61 Å². The number of aryl methyl sites for hydroxylation is 2. The molecule has 2 rings (SSSR count). The van der Waals surface area contributed by atoms with Crippen molar-refractivity contribution in [2.24, 2.45) is 0 Å². The molecule has 102 valence electrons. The lowest BCUT2D eigenvalue weighted by Crippen LogP contribution is -2.09. The minimum atomic E-state index is -0.875. The largest absolute Gasteiger partial charge is 0.494 e. The number of fused-ring (bicyclic) bond motifs is 1. The van der Waals surface area contributed by atoms with Crippen molar-refractivity contribution in [3.8, 4) is 5.75 Å². The predicted molar refractivity (Wildman–Crippen MR) is 75.1 cm³/mol. The van der Waals surface area contributed by atoms with Crippen LogP contribution in [-0.4, -0.2) is 22.2 Å². The maximum Gasteiger partial charge on any atom is 0.352 e. The summed E-state index contributed by atoms with van der Waals surface area (Å²) in [5.74, 6) is -0.0937. The zero-order valence-electron chi connectivity index (χ0n) is 11.6. The van der Waals surface area contributed by atoms with Crippen LogP contribution in [-0.2, 0) is 6.54 Å². The van der Waals surface area contributed by atoms with E-state index in [9.17, 15) is 9.90 Å². The molecule has 1 aromatic carbocycles. The summed E-state index contributed by atoms with van der Waals surface area (Å²) in [6, 6.07) is 5.76. The van der Waals surface area contributed by atoms with Crippen molar-refractivity contribution < 1.29 is 14.6 Å². The fraction of sp³-hybridized carbons (Fsp3) is 0.400. The summed E-state index contributed by atoms with van der Waals surface area (Å²) in [5, 5.41) is 10.4. The van der Waals surface area contributed by atoms with E-state index in [4.69, 9.17) is 4.74 Å². The smallest absolute Gasteiger partial charge is 0.352 e. The van der Waals surface area contributed by atoms with Gasteiger partial charge in [0.15, 0.2) is 0 Å². The van der Waals surface area contributed by atoms with Crippen molar-refractivity contribution >= 4 is 16.9 Å². The number of hydrogen-bond donors (Lipinski definition) is 1. The van der Waals surface area contributed by atoms with Crippen LogP contribution in [0.4, 0.5) is 0 Å². The summed E-state index contributed by atoms with van der Waals surface area (Å²) >= 11 is 0. The highest BCUT2D eigenvalue weighted by Crippen LogP contribution is 2.29. The van der Waals surface area contributed by atoms with Gasteiger partial charge in [0.1, 0.15) is 11.4 Å². The van der Waals surface area contributed by atoms with Crippen LogP contribution < -0.4 is 4.74 Å². The Hall–Kier alpha value is -1.97. The Morgan fingerprint density at radius 1 is 1.37 bits per heavy atom. The number of hydrogen-bond acceptors (Lipinski definition) is 2. The Kier molecular flexibility index (Phi) is 3.79. The molecule has 0 saturated heterocycles. The molecule has 0 aliphatic carbocycles. The second-order valence-corrected chi connectivity index (χ2v) is 4.54. The van der Waals surface area contributed by atoms with E-state index in [-0.39, 0.29) is 0 Å². The summed E-state index contributed by atoms with van der Waals surface area (Å²) in [4.78, 5) is 11.4. The first-order valence-corrected chi connectivity index (χ1v) is 6.59. The van der Waals surface area contributed by atoms with Crippen LogP contribution in [0.25, 0.3) is 10.9 Å². The van der Waals surface area contributed by atoms with Crippen molar-refractivity contribution in [1.29, 1.82) is 0 Å². The minimum Gasteiger partial charge on any atom is -0.494 e. The van der Waals surface area contributed by atoms with Crippen LogP contribution >= 0.6 is 0 Å². The van der Waals surface area contributed by atoms with E-state index in [1.165, 1.54) is 0 Å². The molecule has 4 nitrogen and oxygen atoms in total. The number of aromatic nitrogens is 1. The molecule has 0 aliphatic heterocycles. The fourth-order valence-electron chi connectivity index (χ4n) is 2.49. The molecular weight excluding hydrogens is 242 g/mol. The summed E-state index contributed by atoms with van der Waals surface area (Å²) in [6.07, 6.45) is 0.900. The van der Waals surface area contributed by atoms with E-state index in [2.05, 4.69) is 0 Å². The number of benzene rings is 1. The van der Waals surface area contributed by atoms with Crippen molar-refractivity contribution in [1.82, 2.24) is 4.57 Å². The second kappa shape index (κ2) is 5.34. The topological polar surface area (TPSA) is 51.5 Å². The average Bonchev–Trinajstić information content (AvgIpc) is 2.64. The molecular formula is C15H19NO3. The highest BCUT2D eigenvalue weighted by atomic mass is 16.5. The highest BCUT2D eigenvalue weighted by molar-refractivity contribution is 5.98. The average molecular weight is 261 g/mol. The van der Waals surface area contributed by atoms with Crippen LogP contribution in [0.1, 0.15) is 36.3 Å². The quantitative estimate of drug-likeness (QED) is 0.896. The Morgan fingerprint density at radius 2 is 2.11 bits per heavy atom. The molecule has 2 aromatic rings. The minimum absolute atomic E-state index is 0.380. The molecule has 1 aromatic heterocycles. The maximum absolute atomic E-state index is 11.4. The second-order valence-electron chi connectivity index (χ2n) is 4.54. The molecule has 0 amide bonds. The summed E-state index contributed by atoms with van der Waals surface area (Å²) in [5.41, 5.74) is 2.14. The van der Waals surface area contributed by atoms with Gasteiger partial charge in [0.2, 0.25) is 0 Å². The standard InChI is InChI=1S/C15H19NO3/c1-4-8-16-13-7-6-11(19-5-2)9-12(13)10(3)14(16)15(17)18/h6-7,9H,4-5,8H2,1-3H3,(H,17,18). The van der Waals surface area contributed by atoms with E-state index < -0.39 is 5.97 Å². The van der Waals surface area contributed by atoms with Crippen LogP contribution in [0, 0.1) is 6.92 Å². The SMILES string of the molecule is CCCn1c(C(=O)O)c(C)c2cc(OCC)ccc21. The predicted octanol–water partition coefficient (Wildman–Crippen LogP) is 3.46. The third-order valence-corrected chi connectivity index (χ3v) is 3.25. The number of carboxylic acid groups (broad SMARTS) is 1. The van der Waals surface area contributed by atoms with E-state index >= 15 is 0 Å². The van der Waals surface area contributed by atoms with Crippen molar-refractivity contribution in [3.05, 3.63) is 29.5 Å². The van der Waals surface area contributed by atoms with Gasteiger partial charge in [-0.1, -0.05) is 6.92 Å². The van der Waals surface area contributed by atoms with Gasteiger partial charge >= 0.3 is 5.97 Å². The molecule has 0 atom stereocenters. The number of ether oxygens (including phenoxy) is 1. The van der Waals surface area contributed by atoms with Gasteiger partial charge in [-0.2, -0.15) is 0 Å². The first-order valence-electron chi connectivity index (χ1n) is 6.59. The monoisotopic (exact) mass is 261 g/mol. The van der Waals surface area contributed by atoms with Gasteiger partial charge in [-0.05, 0) is 44.0 Å². The van der Waals surface area contributed by atoms with Gasteiger partial charge in [-0.3, -0.25) is 0 Å². The zero-order chi connectivity index (χ0) is 14.0. The van der Waals surface area contributed by atoms with Crippen LogP contribution in [0.5, 0.6) is 5.75 Å². The van der Waals surface area contributed by atoms with E-state index in [0.29, 0.717) is 18.8 Å². The van der Waals surface area contributed by atoms with E-state index in [0.717, 1.165) is 28.6 Å². The number of rotatable bonds is 5. The molecule has 1 heterocycles. The summed E-state index contributed by atoms with van der Waals surface area (Å²) in [6.45, 7) is 7.14. The lowest BCUT2D eigenvalue weighted by Gasteiger charge is -2.07. The van der Waals surface area contributed by atoms with Crippen molar-refractivity contribution in [2.45, 2.75) is 33.7 Å². The molecule has 0 fully saturated rings. The third kappa shape index (κ3) is 2.30. The first-order chi connectivity index (χ1) is 9.10. The lowest BCUT2D eigenvalue weighted by atomic mass is 10.1. The summed E-state index contributed by atoms with van der Waals surface area (Å²) < 4.78 is 7.36. The van der Waals surface area contributed by atoms with Crippen LogP contribution in [0.15, 0.2) is 18.2 Å². The molecule has 19 heavy (non-hydrogen) atoms. The molecule has 0 bridgehead atoms. The number of carbonyl (C=O) groups is 1. The van der Waals surface area contributed by atoms with E-state index in [1.54, 1.807) is 0 Å². The highest BCUT2D eigenvalue weighted by Gasteiger charge is 2.19. The van der Waals surface area contributed by atoms with Gasteiger partial charge in [-0.25, -0.2) is 4.79 Å². The van der Waals surface area contributed by atoms with Gasteiger partial charge in [0.25, 0.3) is 0 Å². The lowest BCUT2D eigenvalue weighted by molar-refractivity contribution is 0.0684. The van der Waals surface area contributed by atoms with Crippen LogP contribution in [0.2, 0.25) is 0 Å². The fourth-order valence-corrected chi connectivity index (χ4v) is 2.49. The van der Waals surface area contributed by atoms with Crippen LogP contribution in [0.3, 0.4) is 0 Å². The van der Waals surface area contributed by atoms with E-state index in [1.807, 2.05) is 43.5 Å². The Labute approximate surface area is 112 Å². The Bertz CT molecular complexity index is 613. The molecule has 0 spiro atoms.